The van der Waals surface area contributed by atoms with Gasteiger partial charge in [0.25, 0.3) is 0 Å². The zero-order valence-electron chi connectivity index (χ0n) is 57.4. The molecule has 2 aromatic rings. The van der Waals surface area contributed by atoms with Crippen LogP contribution in [0.1, 0.15) is 204 Å². The third-order valence-electron chi connectivity index (χ3n) is 18.7. The van der Waals surface area contributed by atoms with E-state index in [9.17, 15) is 53.1 Å². The Morgan fingerprint density at radius 2 is 1.43 bits per heavy atom. The highest BCUT2D eigenvalue weighted by Gasteiger charge is 2.54. The molecule has 0 amide bonds. The predicted molar refractivity (Wildman–Crippen MR) is 342 cm³/mol. The quantitative estimate of drug-likeness (QED) is 0.0385. The molecule has 19 unspecified atom stereocenters. The number of benzene rings is 1. The maximum absolute atomic E-state index is 14.2. The lowest BCUT2D eigenvalue weighted by Gasteiger charge is -2.49. The topological polar surface area (TPSA) is 323 Å². The Hall–Kier alpha value is -3.89. The summed E-state index contributed by atoms with van der Waals surface area (Å²) in [6.07, 6.45) is 3.82. The van der Waals surface area contributed by atoms with Crippen molar-refractivity contribution in [2.45, 2.75) is 290 Å². The lowest BCUT2D eigenvalue weighted by Crippen LogP contribution is -2.61. The van der Waals surface area contributed by atoms with Gasteiger partial charge in [-0.3, -0.25) is 23.7 Å². The first-order valence-corrected chi connectivity index (χ1v) is 34.5. The predicted octanol–water partition coefficient (Wildman–Crippen LogP) is 9.24. The third-order valence-corrected chi connectivity index (χ3v) is 19.1. The molecule has 6 N–H and O–H groups in total. The normalized spacial score (nSPS) is 34.5. The van der Waals surface area contributed by atoms with Crippen LogP contribution in [0.4, 0.5) is 0 Å². The number of fused-ring (bicyclic) bond motifs is 2. The number of phenolic OH excluding ortho intramolecular Hbond substituents is 1. The lowest BCUT2D eigenvalue weighted by atomic mass is 9.74. The Morgan fingerprint density at radius 3 is 2.00 bits per heavy atom. The second-order valence-corrected chi connectivity index (χ2v) is 28.1. The number of likely N-dealkylation sites (N-methyl/N-ethyl adjacent to an activating group) is 1. The van der Waals surface area contributed by atoms with E-state index < -0.39 is 124 Å². The summed E-state index contributed by atoms with van der Waals surface area (Å²) in [6, 6.07) is 2.80. The molecular weight excluding hydrogens is 1200 g/mol. The number of hydrogen-bond donors (Lipinski definition) is 6. The number of Topliss-reactive ketones (excluding diaryl/α,β-unsaturated/α-hetero) is 1. The fraction of sp³-hybridized carbons (Fsp3) is 0.821. The molecule has 3 saturated heterocycles. The van der Waals surface area contributed by atoms with Crippen molar-refractivity contribution < 1.29 is 99.4 Å². The summed E-state index contributed by atoms with van der Waals surface area (Å²) in [5, 5.41) is 57.2. The molecule has 0 saturated carbocycles. The van der Waals surface area contributed by atoms with Gasteiger partial charge < -0.3 is 72.7 Å². The van der Waals surface area contributed by atoms with Crippen LogP contribution in [-0.4, -0.2) is 180 Å². The molecule has 91 heavy (non-hydrogen) atoms. The van der Waals surface area contributed by atoms with Crippen LogP contribution >= 0.6 is 0 Å². The van der Waals surface area contributed by atoms with E-state index in [4.69, 9.17) is 46.9 Å². The Kier molecular flexibility index (Phi) is 31.2. The number of aliphatic hydroxyl groups excluding tert-OH is 2. The average Bonchev–Trinajstić information content (AvgIpc) is 1.49. The van der Waals surface area contributed by atoms with Gasteiger partial charge in [0.15, 0.2) is 24.1 Å². The Morgan fingerprint density at radius 1 is 0.813 bits per heavy atom. The number of nitrogens with zero attached hydrogens (tertiary/aromatic N) is 1. The summed E-state index contributed by atoms with van der Waals surface area (Å²) < 4.78 is 87.8. The monoisotopic (exact) mass is 1320 g/mol. The standard InChI is InChI=1S/C40H71NO14.C15H16O4.C12H26O4S/c1-15-27-40(11,48)33(44)22(5)30(43)20(3)18-38(9,47)35(55-37-32(53-28(42)16-2)26(41(12)13)17-21(4)50-37)23(6)31(24(7)36(46)52-27)54-29-19-39(10,49-14)34(45)25(8)51-29;1-8-3-4-10-12(18-7-8)6-13-14(15(10)17)11(16)5-9(2)19-13;1-2-3-4-5-6-7-8-9-10-11-12-16-17(13,14)15/h20-27,29,31-35,37,44-45,47-48H,15-19H2,1-14H3;5-6,8,17H,3-4,7H2,1-2H3;2-12H2,1H3,(H,13,14,15). The number of esters is 2. The molecule has 0 bridgehead atoms. The number of methoxy groups -OCH3 is 1. The Balaban J connectivity index is 0.000000393. The summed E-state index contributed by atoms with van der Waals surface area (Å²) in [5.41, 5.74) is -4.03. The van der Waals surface area contributed by atoms with Gasteiger partial charge in [-0.2, -0.15) is 8.42 Å². The number of rotatable bonds is 21. The molecule has 0 spiro atoms. The Bertz CT molecular complexity index is 2770. The number of phenols is 1. The summed E-state index contributed by atoms with van der Waals surface area (Å²) in [6.45, 7) is 24.7. The molecule has 23 nitrogen and oxygen atoms in total. The molecule has 0 aliphatic carbocycles. The summed E-state index contributed by atoms with van der Waals surface area (Å²) in [4.78, 5) is 54.9. The van der Waals surface area contributed by atoms with Gasteiger partial charge in [-0.25, -0.2) is 4.18 Å². The van der Waals surface area contributed by atoms with Crippen LogP contribution < -0.4 is 10.2 Å². The van der Waals surface area contributed by atoms with E-state index in [1.807, 2.05) is 25.9 Å². The van der Waals surface area contributed by atoms with Crippen molar-refractivity contribution in [2.24, 2.45) is 29.6 Å². The van der Waals surface area contributed by atoms with Crippen molar-refractivity contribution in [1.82, 2.24) is 4.90 Å². The number of hydrogen-bond acceptors (Lipinski definition) is 22. The number of carbonyl (C=O) groups is 3. The minimum atomic E-state index is -4.23. The molecule has 5 heterocycles. The average molecular weight is 1320 g/mol. The minimum absolute atomic E-state index is 0.00958. The highest BCUT2D eigenvalue weighted by Crippen LogP contribution is 2.42. The molecular formula is C67H113NO22S. The van der Waals surface area contributed by atoms with Gasteiger partial charge in [-0.1, -0.05) is 106 Å². The smallest absolute Gasteiger partial charge is 0.397 e. The number of cyclic esters (lactones) is 1. The molecule has 4 aliphatic heterocycles. The van der Waals surface area contributed by atoms with Crippen molar-refractivity contribution in [2.75, 3.05) is 34.4 Å². The van der Waals surface area contributed by atoms with E-state index in [2.05, 4.69) is 18.0 Å². The van der Waals surface area contributed by atoms with Crippen LogP contribution in [-0.2, 0) is 68.5 Å². The number of aromatic hydroxyl groups is 1. The first-order valence-electron chi connectivity index (χ1n) is 33.1. The summed E-state index contributed by atoms with van der Waals surface area (Å²) >= 11 is 0. The van der Waals surface area contributed by atoms with Gasteiger partial charge in [-0.05, 0) is 107 Å². The highest BCUT2D eigenvalue weighted by atomic mass is 32.3. The molecule has 1 aromatic heterocycles. The molecule has 24 heteroatoms. The molecule has 0 radical (unpaired) electrons. The van der Waals surface area contributed by atoms with Crippen molar-refractivity contribution in [3.63, 3.8) is 0 Å². The molecule has 3 fully saturated rings. The highest BCUT2D eigenvalue weighted by molar-refractivity contribution is 7.80. The van der Waals surface area contributed by atoms with Crippen LogP contribution in [0.25, 0.3) is 11.0 Å². The number of aryl methyl sites for hydroxylation is 1. The number of ether oxygens (including phenoxy) is 8. The van der Waals surface area contributed by atoms with Gasteiger partial charge >= 0.3 is 22.3 Å². The second-order valence-electron chi connectivity index (χ2n) is 27.0. The second kappa shape index (κ2) is 35.7. The SMILES string of the molecule is CCC(=O)OC1C(OC2C(C)C(OC3CC(C)(OC)C(O)C(C)O3)C(C)C(=O)OC(CC)C(C)(O)C(O)C(C)C(=O)C(C)CC2(C)O)OC(C)CC1N(C)C.CCCCCCCCCCCCOS(=O)(=O)O.Cc1cc(=O)c2c(O)c3c(cc2o1)OCC(C)CC3. The van der Waals surface area contributed by atoms with Crippen molar-refractivity contribution >= 4 is 39.1 Å². The van der Waals surface area contributed by atoms with Crippen LogP contribution in [0.15, 0.2) is 21.3 Å². The van der Waals surface area contributed by atoms with Crippen LogP contribution in [0.5, 0.6) is 11.5 Å². The van der Waals surface area contributed by atoms with E-state index in [0.717, 1.165) is 19.3 Å². The van der Waals surface area contributed by atoms with Crippen LogP contribution in [0.3, 0.4) is 0 Å². The van der Waals surface area contributed by atoms with E-state index in [1.54, 1.807) is 61.5 Å². The molecule has 19 atom stereocenters. The largest absolute Gasteiger partial charge is 0.507 e. The molecule has 524 valence electrons. The molecule has 4 aliphatic rings. The fourth-order valence-corrected chi connectivity index (χ4v) is 13.4. The van der Waals surface area contributed by atoms with E-state index in [-0.39, 0.29) is 61.0 Å². The van der Waals surface area contributed by atoms with Gasteiger partial charge in [-0.15, -0.1) is 0 Å². The van der Waals surface area contributed by atoms with Crippen molar-refractivity contribution in [1.29, 1.82) is 0 Å². The molecule has 6 rings (SSSR count). The first-order chi connectivity index (χ1) is 42.5. The van der Waals surface area contributed by atoms with E-state index >= 15 is 0 Å². The van der Waals surface area contributed by atoms with Gasteiger partial charge in [0.05, 0.1) is 66.9 Å². The Labute approximate surface area is 540 Å². The summed E-state index contributed by atoms with van der Waals surface area (Å²) in [5.74, 6) is -3.99. The minimum Gasteiger partial charge on any atom is -0.507 e. The number of ketones is 1. The number of unbranched alkanes of at least 4 members (excludes halogenated alkanes) is 9. The van der Waals surface area contributed by atoms with E-state index in [1.165, 1.54) is 78.9 Å². The number of aliphatic hydroxyl groups is 4. The maximum atomic E-state index is 14.2. The lowest BCUT2D eigenvalue weighted by molar-refractivity contribution is -0.319. The van der Waals surface area contributed by atoms with Crippen molar-refractivity contribution in [3.05, 3.63) is 33.7 Å². The first kappa shape index (κ1) is 79.5. The zero-order chi connectivity index (χ0) is 68.5. The van der Waals surface area contributed by atoms with Crippen LogP contribution in [0.2, 0.25) is 0 Å². The van der Waals surface area contributed by atoms with Crippen molar-refractivity contribution in [3.8, 4) is 11.5 Å². The fourth-order valence-electron chi connectivity index (χ4n) is 13.0. The van der Waals surface area contributed by atoms with E-state index in [0.29, 0.717) is 54.4 Å². The van der Waals surface area contributed by atoms with Gasteiger partial charge in [0.1, 0.15) is 51.8 Å². The van der Waals surface area contributed by atoms with Crippen LogP contribution in [0, 0.1) is 36.5 Å². The summed E-state index contributed by atoms with van der Waals surface area (Å²) in [7, 11) is 0.973. The van der Waals surface area contributed by atoms with Gasteiger partial charge in [0.2, 0.25) is 0 Å². The third kappa shape index (κ3) is 22.3. The number of carbonyl (C=O) groups excluding carboxylic acids is 3. The maximum Gasteiger partial charge on any atom is 0.397 e. The van der Waals surface area contributed by atoms with Gasteiger partial charge in [0, 0.05) is 55.4 Å². The zero-order valence-corrected chi connectivity index (χ0v) is 58.2. The molecule has 1 aromatic carbocycles.